The van der Waals surface area contributed by atoms with Crippen LogP contribution in [0.4, 0.5) is 0 Å². The van der Waals surface area contributed by atoms with Gasteiger partial charge < -0.3 is 10.2 Å². The van der Waals surface area contributed by atoms with Crippen LogP contribution in [0.25, 0.3) is 0 Å². The Morgan fingerprint density at radius 3 is 2.06 bits per heavy atom. The fourth-order valence-corrected chi connectivity index (χ4v) is 1.35. The molecule has 0 aromatic heterocycles. The molecule has 0 unspecified atom stereocenters. The lowest BCUT2D eigenvalue weighted by atomic mass is 10.2. The van der Waals surface area contributed by atoms with E-state index in [-0.39, 0.29) is 14.9 Å². The van der Waals surface area contributed by atoms with Crippen molar-refractivity contribution >= 4 is 16.1 Å². The molecular formula is C9H14O6S. The normalized spacial score (nSPS) is 9.81. The zero-order chi connectivity index (χ0) is 10.9. The van der Waals surface area contributed by atoms with Crippen molar-refractivity contribution in [3.63, 3.8) is 0 Å². The fraction of sp³-hybridized carbons (Fsp3) is 0.222. The standard InChI is InChI=1S/C7H6O6S.2CH4/c8-6-2-1-4(14(11,12)13)3-5(6)7(9)10;;/h1-3,8H,(H,9,10)(H,11,12,13);2*1H4. The first-order valence-electron chi connectivity index (χ1n) is 3.36. The first-order chi connectivity index (χ1) is 6.32. The Bertz CT molecular complexity index is 477. The first-order valence-corrected chi connectivity index (χ1v) is 4.80. The number of carbonyl (C=O) groups is 1. The van der Waals surface area contributed by atoms with Crippen molar-refractivity contribution in [3.8, 4) is 5.75 Å². The van der Waals surface area contributed by atoms with Crippen LogP contribution in [0, 0.1) is 0 Å². The Kier molecular flexibility index (Phi) is 5.75. The third-order valence-corrected chi connectivity index (χ3v) is 2.35. The number of hydrogen-bond donors (Lipinski definition) is 3. The number of rotatable bonds is 2. The van der Waals surface area contributed by atoms with Gasteiger partial charge in [0.05, 0.1) is 4.90 Å². The molecule has 1 rings (SSSR count). The van der Waals surface area contributed by atoms with Gasteiger partial charge in [-0.05, 0) is 18.2 Å². The molecule has 92 valence electrons. The molecule has 1 aromatic carbocycles. The summed E-state index contributed by atoms with van der Waals surface area (Å²) in [4.78, 5) is 9.89. The maximum Gasteiger partial charge on any atom is 0.339 e. The van der Waals surface area contributed by atoms with Crippen LogP contribution in [0.1, 0.15) is 25.2 Å². The molecule has 0 saturated heterocycles. The van der Waals surface area contributed by atoms with Crippen molar-refractivity contribution in [2.45, 2.75) is 19.7 Å². The lowest BCUT2D eigenvalue weighted by Crippen LogP contribution is -2.02. The van der Waals surface area contributed by atoms with E-state index in [1.54, 1.807) is 0 Å². The number of carboxylic acids is 1. The average Bonchev–Trinajstić information content (AvgIpc) is 2.02. The van der Waals surface area contributed by atoms with Crippen LogP contribution >= 0.6 is 0 Å². The van der Waals surface area contributed by atoms with E-state index in [2.05, 4.69) is 0 Å². The number of hydrogen-bond acceptors (Lipinski definition) is 4. The fourth-order valence-electron chi connectivity index (χ4n) is 0.847. The molecule has 6 nitrogen and oxygen atoms in total. The van der Waals surface area contributed by atoms with E-state index in [0.29, 0.717) is 6.07 Å². The molecule has 0 radical (unpaired) electrons. The summed E-state index contributed by atoms with van der Waals surface area (Å²) >= 11 is 0. The topological polar surface area (TPSA) is 112 Å². The lowest BCUT2D eigenvalue weighted by molar-refractivity contribution is 0.0693. The quantitative estimate of drug-likeness (QED) is 0.687. The van der Waals surface area contributed by atoms with Crippen LogP contribution in [0.3, 0.4) is 0 Å². The average molecular weight is 250 g/mol. The Morgan fingerprint density at radius 1 is 1.19 bits per heavy atom. The van der Waals surface area contributed by atoms with E-state index >= 15 is 0 Å². The van der Waals surface area contributed by atoms with E-state index < -0.39 is 32.3 Å². The summed E-state index contributed by atoms with van der Waals surface area (Å²) in [5.41, 5.74) is -0.583. The van der Waals surface area contributed by atoms with E-state index in [4.69, 9.17) is 14.8 Å². The molecule has 7 heteroatoms. The zero-order valence-corrected chi connectivity index (χ0v) is 7.52. The number of benzene rings is 1. The van der Waals surface area contributed by atoms with Gasteiger partial charge in [0.15, 0.2) is 0 Å². The highest BCUT2D eigenvalue weighted by atomic mass is 32.2. The SMILES string of the molecule is C.C.O=C(O)c1cc(S(=O)(=O)O)ccc1O. The molecule has 0 saturated carbocycles. The minimum absolute atomic E-state index is 0. The van der Waals surface area contributed by atoms with Gasteiger partial charge in [0.2, 0.25) is 0 Å². The molecule has 0 bridgehead atoms. The van der Waals surface area contributed by atoms with Crippen LogP contribution in [0.5, 0.6) is 5.75 Å². The van der Waals surface area contributed by atoms with Gasteiger partial charge in [-0.25, -0.2) is 4.79 Å². The molecule has 0 heterocycles. The summed E-state index contributed by atoms with van der Waals surface area (Å²) in [6.45, 7) is 0. The smallest absolute Gasteiger partial charge is 0.339 e. The summed E-state index contributed by atoms with van der Waals surface area (Å²) in [5.74, 6) is -2.04. The Labute approximate surface area is 93.9 Å². The van der Waals surface area contributed by atoms with Gasteiger partial charge in [0.1, 0.15) is 11.3 Å². The highest BCUT2D eigenvalue weighted by molar-refractivity contribution is 7.85. The summed E-state index contributed by atoms with van der Waals surface area (Å²) in [6.07, 6.45) is 0. The second-order valence-electron chi connectivity index (χ2n) is 2.46. The van der Waals surface area contributed by atoms with Crippen molar-refractivity contribution in [1.82, 2.24) is 0 Å². The van der Waals surface area contributed by atoms with Gasteiger partial charge in [-0.3, -0.25) is 4.55 Å². The Balaban J connectivity index is 0. The predicted molar refractivity (Wildman–Crippen MR) is 58.3 cm³/mol. The summed E-state index contributed by atoms with van der Waals surface area (Å²) in [6, 6.07) is 2.46. The van der Waals surface area contributed by atoms with Crippen LogP contribution in [0.15, 0.2) is 23.1 Å². The second kappa shape index (κ2) is 5.47. The van der Waals surface area contributed by atoms with Gasteiger partial charge in [-0.1, -0.05) is 14.9 Å². The molecule has 0 aliphatic carbocycles. The van der Waals surface area contributed by atoms with E-state index in [1.807, 2.05) is 0 Å². The Morgan fingerprint density at radius 2 is 1.69 bits per heavy atom. The molecule has 0 aliphatic heterocycles. The molecule has 0 amide bonds. The molecule has 0 fully saturated rings. The minimum Gasteiger partial charge on any atom is -0.507 e. The Hall–Kier alpha value is -1.60. The summed E-state index contributed by atoms with van der Waals surface area (Å²) in [7, 11) is -4.45. The highest BCUT2D eigenvalue weighted by Gasteiger charge is 2.15. The molecule has 16 heavy (non-hydrogen) atoms. The number of carboxylic acid groups (broad SMARTS) is 1. The van der Waals surface area contributed by atoms with Crippen molar-refractivity contribution in [2.75, 3.05) is 0 Å². The van der Waals surface area contributed by atoms with E-state index in [1.165, 1.54) is 0 Å². The third kappa shape index (κ3) is 3.52. The highest BCUT2D eigenvalue weighted by Crippen LogP contribution is 2.20. The summed E-state index contributed by atoms with van der Waals surface area (Å²) in [5, 5.41) is 17.5. The van der Waals surface area contributed by atoms with Crippen LogP contribution < -0.4 is 0 Å². The van der Waals surface area contributed by atoms with Crippen molar-refractivity contribution in [3.05, 3.63) is 23.8 Å². The first kappa shape index (κ1) is 16.8. The molecule has 0 spiro atoms. The van der Waals surface area contributed by atoms with Crippen LogP contribution in [-0.2, 0) is 10.1 Å². The lowest BCUT2D eigenvalue weighted by Gasteiger charge is -2.01. The van der Waals surface area contributed by atoms with Gasteiger partial charge >= 0.3 is 5.97 Å². The number of aromatic hydroxyl groups is 1. The largest absolute Gasteiger partial charge is 0.507 e. The van der Waals surface area contributed by atoms with Crippen LogP contribution in [-0.4, -0.2) is 29.2 Å². The maximum atomic E-state index is 10.6. The van der Waals surface area contributed by atoms with Crippen molar-refractivity contribution in [2.24, 2.45) is 0 Å². The van der Waals surface area contributed by atoms with Gasteiger partial charge in [0, 0.05) is 0 Å². The van der Waals surface area contributed by atoms with E-state index in [0.717, 1.165) is 12.1 Å². The zero-order valence-electron chi connectivity index (χ0n) is 6.71. The molecule has 1 aromatic rings. The number of phenols is 1. The van der Waals surface area contributed by atoms with Crippen molar-refractivity contribution in [1.29, 1.82) is 0 Å². The minimum atomic E-state index is -4.45. The van der Waals surface area contributed by atoms with Crippen molar-refractivity contribution < 1.29 is 28.0 Å². The predicted octanol–water partition coefficient (Wildman–Crippen LogP) is 1.61. The monoisotopic (exact) mass is 250 g/mol. The van der Waals surface area contributed by atoms with Crippen LogP contribution in [0.2, 0.25) is 0 Å². The second-order valence-corrected chi connectivity index (χ2v) is 3.88. The van der Waals surface area contributed by atoms with Gasteiger partial charge in [-0.2, -0.15) is 8.42 Å². The molecular weight excluding hydrogens is 236 g/mol. The molecule has 3 N–H and O–H groups in total. The molecule has 0 atom stereocenters. The third-order valence-electron chi connectivity index (χ3n) is 1.50. The van der Waals surface area contributed by atoms with Gasteiger partial charge in [-0.15, -0.1) is 0 Å². The van der Waals surface area contributed by atoms with E-state index in [9.17, 15) is 13.2 Å². The van der Waals surface area contributed by atoms with Gasteiger partial charge in [0.25, 0.3) is 10.1 Å². The number of aromatic carboxylic acids is 1. The maximum absolute atomic E-state index is 10.6. The summed E-state index contributed by atoms with van der Waals surface area (Å²) < 4.78 is 29.8. The molecule has 0 aliphatic rings.